The van der Waals surface area contributed by atoms with Gasteiger partial charge in [0.1, 0.15) is 5.82 Å². The molecule has 0 spiro atoms. The number of nitrogens with zero attached hydrogens (tertiary/aromatic N) is 1. The van der Waals surface area contributed by atoms with Crippen molar-refractivity contribution in [3.8, 4) is 0 Å². The molecule has 2 nitrogen and oxygen atoms in total. The lowest BCUT2D eigenvalue weighted by atomic mass is 10.2. The molecule has 1 aromatic rings. The molecule has 0 radical (unpaired) electrons. The number of thiol groups is 1. The van der Waals surface area contributed by atoms with E-state index in [9.17, 15) is 4.39 Å². The fourth-order valence-electron chi connectivity index (χ4n) is 1.56. The summed E-state index contributed by atoms with van der Waals surface area (Å²) in [5, 5.41) is 0. The van der Waals surface area contributed by atoms with Gasteiger partial charge in [0, 0.05) is 23.7 Å². The first-order chi connectivity index (χ1) is 6.75. The molecule has 0 aliphatic carbocycles. The minimum atomic E-state index is -0.237. The number of ether oxygens (including phenoxy) is 1. The van der Waals surface area contributed by atoms with Gasteiger partial charge in [-0.25, -0.2) is 4.39 Å². The lowest BCUT2D eigenvalue weighted by Gasteiger charge is -2.29. The first-order valence-corrected chi connectivity index (χ1v) is 5.03. The van der Waals surface area contributed by atoms with E-state index in [-0.39, 0.29) is 5.82 Å². The molecule has 1 aromatic carbocycles. The van der Waals surface area contributed by atoms with E-state index in [1.54, 1.807) is 0 Å². The number of anilines is 1. The maximum absolute atomic E-state index is 13.1. The third-order valence-corrected chi connectivity index (χ3v) is 2.50. The Kier molecular flexibility index (Phi) is 2.93. The summed E-state index contributed by atoms with van der Waals surface area (Å²) in [5.74, 6) is -0.237. The van der Waals surface area contributed by atoms with Gasteiger partial charge in [-0.1, -0.05) is 0 Å². The molecule has 14 heavy (non-hydrogen) atoms. The molecular formula is C10H12FNOS. The molecule has 1 fully saturated rings. The van der Waals surface area contributed by atoms with Crippen LogP contribution in [0.15, 0.2) is 23.1 Å². The van der Waals surface area contributed by atoms with Crippen LogP contribution in [0, 0.1) is 5.82 Å². The molecule has 0 bridgehead atoms. The van der Waals surface area contributed by atoms with Gasteiger partial charge in [0.05, 0.1) is 13.2 Å². The summed E-state index contributed by atoms with van der Waals surface area (Å²) in [4.78, 5) is 2.76. The van der Waals surface area contributed by atoms with E-state index in [1.165, 1.54) is 12.1 Å². The van der Waals surface area contributed by atoms with Crippen LogP contribution in [0.5, 0.6) is 0 Å². The highest BCUT2D eigenvalue weighted by Crippen LogP contribution is 2.21. The molecule has 0 aromatic heterocycles. The molecule has 2 rings (SSSR count). The lowest BCUT2D eigenvalue weighted by Crippen LogP contribution is -2.36. The van der Waals surface area contributed by atoms with Crippen molar-refractivity contribution in [2.45, 2.75) is 4.90 Å². The molecular weight excluding hydrogens is 201 g/mol. The Hall–Kier alpha value is -0.740. The number of rotatable bonds is 1. The van der Waals surface area contributed by atoms with E-state index in [4.69, 9.17) is 4.74 Å². The van der Waals surface area contributed by atoms with E-state index >= 15 is 0 Å². The number of halogens is 1. The number of hydrogen-bond acceptors (Lipinski definition) is 3. The maximum Gasteiger partial charge on any atom is 0.126 e. The average molecular weight is 213 g/mol. The third-order valence-electron chi connectivity index (χ3n) is 2.24. The fourth-order valence-corrected chi connectivity index (χ4v) is 1.82. The Balaban J connectivity index is 2.21. The van der Waals surface area contributed by atoms with Gasteiger partial charge in [-0.2, -0.15) is 0 Å². The van der Waals surface area contributed by atoms with Crippen LogP contribution >= 0.6 is 12.6 Å². The topological polar surface area (TPSA) is 12.5 Å². The van der Waals surface area contributed by atoms with Crippen molar-refractivity contribution in [2.75, 3.05) is 31.2 Å². The summed E-state index contributed by atoms with van der Waals surface area (Å²) in [6.07, 6.45) is 0. The normalized spacial score (nSPS) is 17.1. The summed E-state index contributed by atoms with van der Waals surface area (Å²) < 4.78 is 18.3. The van der Waals surface area contributed by atoms with E-state index in [2.05, 4.69) is 17.5 Å². The van der Waals surface area contributed by atoms with Gasteiger partial charge in [0.2, 0.25) is 0 Å². The zero-order valence-corrected chi connectivity index (χ0v) is 8.64. The second-order valence-electron chi connectivity index (χ2n) is 3.27. The molecule has 1 saturated heterocycles. The number of morpholine rings is 1. The van der Waals surface area contributed by atoms with E-state index < -0.39 is 0 Å². The Morgan fingerprint density at radius 3 is 2.57 bits per heavy atom. The van der Waals surface area contributed by atoms with Crippen molar-refractivity contribution in [1.82, 2.24) is 0 Å². The summed E-state index contributed by atoms with van der Waals surface area (Å²) in [6, 6.07) is 4.82. The van der Waals surface area contributed by atoms with Crippen LogP contribution in [-0.2, 0) is 4.74 Å². The maximum atomic E-state index is 13.1. The second kappa shape index (κ2) is 4.19. The molecule has 0 unspecified atom stereocenters. The zero-order chi connectivity index (χ0) is 9.97. The Morgan fingerprint density at radius 1 is 1.21 bits per heavy atom. The highest BCUT2D eigenvalue weighted by atomic mass is 32.1. The number of hydrogen-bond donors (Lipinski definition) is 1. The van der Waals surface area contributed by atoms with Gasteiger partial charge >= 0.3 is 0 Å². The van der Waals surface area contributed by atoms with Crippen LogP contribution in [0.3, 0.4) is 0 Å². The van der Waals surface area contributed by atoms with E-state index in [0.29, 0.717) is 18.1 Å². The molecule has 0 atom stereocenters. The minimum absolute atomic E-state index is 0.237. The SMILES string of the molecule is Fc1cc(S)cc(N2CCOCC2)c1. The Morgan fingerprint density at radius 2 is 1.93 bits per heavy atom. The van der Waals surface area contributed by atoms with Gasteiger partial charge in [0.25, 0.3) is 0 Å². The molecule has 1 aliphatic rings. The van der Waals surface area contributed by atoms with E-state index in [0.717, 1.165) is 18.8 Å². The summed E-state index contributed by atoms with van der Waals surface area (Å²) in [6.45, 7) is 3.05. The van der Waals surface area contributed by atoms with Crippen LogP contribution < -0.4 is 4.90 Å². The molecule has 1 aliphatic heterocycles. The molecule has 76 valence electrons. The van der Waals surface area contributed by atoms with Crippen molar-refractivity contribution < 1.29 is 9.13 Å². The van der Waals surface area contributed by atoms with Gasteiger partial charge in [0.15, 0.2) is 0 Å². The predicted molar refractivity (Wildman–Crippen MR) is 56.7 cm³/mol. The summed E-state index contributed by atoms with van der Waals surface area (Å²) in [7, 11) is 0. The minimum Gasteiger partial charge on any atom is -0.378 e. The molecule has 0 saturated carbocycles. The Labute approximate surface area is 88.1 Å². The lowest BCUT2D eigenvalue weighted by molar-refractivity contribution is 0.122. The van der Waals surface area contributed by atoms with Gasteiger partial charge in [-0.3, -0.25) is 0 Å². The largest absolute Gasteiger partial charge is 0.378 e. The first-order valence-electron chi connectivity index (χ1n) is 4.58. The summed E-state index contributed by atoms with van der Waals surface area (Å²) in [5.41, 5.74) is 0.887. The van der Waals surface area contributed by atoms with E-state index in [1.807, 2.05) is 6.07 Å². The van der Waals surface area contributed by atoms with Crippen molar-refractivity contribution in [3.63, 3.8) is 0 Å². The third kappa shape index (κ3) is 2.19. The standard InChI is InChI=1S/C10H12FNOS/c11-8-5-9(7-10(14)6-8)12-1-3-13-4-2-12/h5-7,14H,1-4H2. The summed E-state index contributed by atoms with van der Waals surface area (Å²) >= 11 is 4.15. The quantitative estimate of drug-likeness (QED) is 0.716. The van der Waals surface area contributed by atoms with Crippen molar-refractivity contribution in [1.29, 1.82) is 0 Å². The highest BCUT2D eigenvalue weighted by Gasteiger charge is 2.11. The zero-order valence-electron chi connectivity index (χ0n) is 7.74. The monoisotopic (exact) mass is 213 g/mol. The molecule has 0 N–H and O–H groups in total. The highest BCUT2D eigenvalue weighted by molar-refractivity contribution is 7.80. The average Bonchev–Trinajstić information content (AvgIpc) is 2.18. The van der Waals surface area contributed by atoms with Gasteiger partial charge in [-0.15, -0.1) is 12.6 Å². The Bertz CT molecular complexity index is 306. The predicted octanol–water partition coefficient (Wildman–Crippen LogP) is 1.95. The van der Waals surface area contributed by atoms with Gasteiger partial charge < -0.3 is 9.64 Å². The van der Waals surface area contributed by atoms with Gasteiger partial charge in [-0.05, 0) is 18.2 Å². The van der Waals surface area contributed by atoms with Crippen molar-refractivity contribution in [3.05, 3.63) is 24.0 Å². The number of benzene rings is 1. The molecule has 4 heteroatoms. The smallest absolute Gasteiger partial charge is 0.126 e. The molecule has 0 amide bonds. The van der Waals surface area contributed by atoms with Crippen LogP contribution in [0.4, 0.5) is 10.1 Å². The second-order valence-corrected chi connectivity index (χ2v) is 3.78. The van der Waals surface area contributed by atoms with Crippen molar-refractivity contribution >= 4 is 18.3 Å². The van der Waals surface area contributed by atoms with Crippen LogP contribution in [0.1, 0.15) is 0 Å². The fraction of sp³-hybridized carbons (Fsp3) is 0.400. The van der Waals surface area contributed by atoms with Crippen LogP contribution in [0.25, 0.3) is 0 Å². The van der Waals surface area contributed by atoms with Crippen LogP contribution in [-0.4, -0.2) is 26.3 Å². The van der Waals surface area contributed by atoms with Crippen LogP contribution in [0.2, 0.25) is 0 Å². The molecule has 1 heterocycles. The first kappa shape index (κ1) is 9.80. The van der Waals surface area contributed by atoms with Crippen molar-refractivity contribution in [2.24, 2.45) is 0 Å².